The first kappa shape index (κ1) is 21.2. The highest BCUT2D eigenvalue weighted by atomic mass is 32.2. The third-order valence-corrected chi connectivity index (χ3v) is 7.63. The minimum Gasteiger partial charge on any atom is -0.493 e. The first-order valence-corrected chi connectivity index (χ1v) is 12.1. The third-order valence-electron chi connectivity index (χ3n) is 5.13. The van der Waals surface area contributed by atoms with Gasteiger partial charge in [-0.3, -0.25) is 9.97 Å². The average Bonchev–Trinajstić information content (AvgIpc) is 3.42. The van der Waals surface area contributed by atoms with Crippen molar-refractivity contribution >= 4 is 33.0 Å². The molecule has 3 heterocycles. The normalized spacial score (nSPS) is 12.2. The highest BCUT2D eigenvalue weighted by Crippen LogP contribution is 2.36. The molecule has 1 unspecified atom stereocenters. The number of benzene rings is 2. The Morgan fingerprint density at radius 1 is 1.09 bits per heavy atom. The lowest BCUT2D eigenvalue weighted by molar-refractivity contribution is 0.307. The van der Waals surface area contributed by atoms with Crippen LogP contribution >= 0.6 is 11.3 Å². The van der Waals surface area contributed by atoms with Gasteiger partial charge in [-0.1, -0.05) is 18.2 Å². The van der Waals surface area contributed by atoms with Crippen molar-refractivity contribution in [1.82, 2.24) is 15.0 Å². The fourth-order valence-electron chi connectivity index (χ4n) is 3.63. The van der Waals surface area contributed by atoms with E-state index in [2.05, 4.69) is 15.0 Å². The number of thiophene rings is 1. The summed E-state index contributed by atoms with van der Waals surface area (Å²) in [7, 11) is -1.50. The molecular formula is C24H19N3O4S2. The van der Waals surface area contributed by atoms with Gasteiger partial charge in [0, 0.05) is 21.5 Å². The molecule has 0 saturated carbocycles. The monoisotopic (exact) mass is 477 g/mol. The molecule has 5 rings (SSSR count). The topological polar surface area (TPSA) is 108 Å². The Kier molecular flexibility index (Phi) is 5.57. The van der Waals surface area contributed by atoms with Crippen LogP contribution in [-0.4, -0.2) is 24.3 Å². The van der Waals surface area contributed by atoms with E-state index in [1.807, 2.05) is 37.3 Å². The number of nitrogens with one attached hydrogen (secondary N) is 2. The summed E-state index contributed by atoms with van der Waals surface area (Å²) in [6.07, 6.45) is 0. The van der Waals surface area contributed by atoms with Crippen molar-refractivity contribution < 1.29 is 14.1 Å². The summed E-state index contributed by atoms with van der Waals surface area (Å²) in [5, 5.41) is 12.8. The van der Waals surface area contributed by atoms with E-state index in [-0.39, 0.29) is 11.6 Å². The lowest BCUT2D eigenvalue weighted by atomic mass is 10.1. The standard InChI is InChI=1S/C24H19N3O4S2/c1-14-12-15(18-4-2-3-5-19(18)25-14)13-31-16-6-8-17(9-7-16)33(30)20-10-11-32-22(20)21-23(28)27-24(29)26-21/h2-12,28H,13H2,1H3,(H2,26,27,29). The Hall–Kier alpha value is -3.69. The van der Waals surface area contributed by atoms with Crippen molar-refractivity contribution in [2.75, 3.05) is 0 Å². The fourth-order valence-corrected chi connectivity index (χ4v) is 5.97. The van der Waals surface area contributed by atoms with Crippen LogP contribution in [0.4, 0.5) is 0 Å². The van der Waals surface area contributed by atoms with Gasteiger partial charge in [0.15, 0.2) is 0 Å². The SMILES string of the molecule is Cc1cc(COc2ccc(S(=O)c3ccsc3-c3[nH]c(=O)[nH]c3O)cc2)c2ccccc2n1. The zero-order chi connectivity index (χ0) is 22.9. The number of rotatable bonds is 6. The second kappa shape index (κ2) is 8.68. The minimum atomic E-state index is -1.50. The molecule has 0 aliphatic heterocycles. The number of H-pyrrole nitrogens is 2. The molecule has 0 saturated heterocycles. The van der Waals surface area contributed by atoms with Gasteiger partial charge in [-0.2, -0.15) is 0 Å². The first-order valence-electron chi connectivity index (χ1n) is 10.1. The number of imidazole rings is 1. The Balaban J connectivity index is 1.35. The maximum Gasteiger partial charge on any atom is 0.326 e. The van der Waals surface area contributed by atoms with Gasteiger partial charge in [-0.05, 0) is 54.8 Å². The van der Waals surface area contributed by atoms with Crippen LogP contribution in [0.3, 0.4) is 0 Å². The van der Waals surface area contributed by atoms with E-state index in [0.717, 1.165) is 22.2 Å². The number of nitrogens with zero attached hydrogens (tertiary/aromatic N) is 1. The highest BCUT2D eigenvalue weighted by molar-refractivity contribution is 7.85. The van der Waals surface area contributed by atoms with Crippen molar-refractivity contribution in [2.24, 2.45) is 0 Å². The minimum absolute atomic E-state index is 0.234. The number of fused-ring (bicyclic) bond motifs is 1. The second-order valence-electron chi connectivity index (χ2n) is 7.39. The van der Waals surface area contributed by atoms with Crippen molar-refractivity contribution in [3.05, 3.63) is 87.8 Å². The fraction of sp³-hybridized carbons (Fsp3) is 0.0833. The number of hydrogen-bond donors (Lipinski definition) is 3. The average molecular weight is 478 g/mol. The molecule has 0 aliphatic carbocycles. The lowest BCUT2D eigenvalue weighted by Gasteiger charge is -2.11. The van der Waals surface area contributed by atoms with E-state index in [9.17, 15) is 14.1 Å². The molecule has 0 radical (unpaired) electrons. The zero-order valence-corrected chi connectivity index (χ0v) is 19.1. The molecule has 3 aromatic heterocycles. The van der Waals surface area contributed by atoms with E-state index in [0.29, 0.717) is 27.0 Å². The van der Waals surface area contributed by atoms with E-state index in [4.69, 9.17) is 4.74 Å². The van der Waals surface area contributed by atoms with Crippen LogP contribution in [0.2, 0.25) is 0 Å². The summed E-state index contributed by atoms with van der Waals surface area (Å²) < 4.78 is 19.2. The molecule has 166 valence electrons. The molecule has 33 heavy (non-hydrogen) atoms. The van der Waals surface area contributed by atoms with Crippen molar-refractivity contribution in [1.29, 1.82) is 0 Å². The molecular weight excluding hydrogens is 458 g/mol. The van der Waals surface area contributed by atoms with E-state index in [1.54, 1.807) is 35.7 Å². The maximum absolute atomic E-state index is 13.2. The van der Waals surface area contributed by atoms with Crippen molar-refractivity contribution in [2.45, 2.75) is 23.3 Å². The van der Waals surface area contributed by atoms with E-state index in [1.165, 1.54) is 11.3 Å². The highest BCUT2D eigenvalue weighted by Gasteiger charge is 2.19. The van der Waals surface area contributed by atoms with Gasteiger partial charge in [0.25, 0.3) is 0 Å². The smallest absolute Gasteiger partial charge is 0.326 e. The number of aromatic nitrogens is 3. The summed E-state index contributed by atoms with van der Waals surface area (Å²) >= 11 is 1.29. The molecule has 0 amide bonds. The van der Waals surface area contributed by atoms with E-state index >= 15 is 0 Å². The molecule has 3 N–H and O–H groups in total. The predicted molar refractivity (Wildman–Crippen MR) is 128 cm³/mol. The lowest BCUT2D eigenvalue weighted by Crippen LogP contribution is -2.00. The summed E-state index contributed by atoms with van der Waals surface area (Å²) in [4.78, 5) is 22.5. The Morgan fingerprint density at radius 2 is 1.88 bits per heavy atom. The maximum atomic E-state index is 13.2. The Labute approximate surface area is 195 Å². The number of pyridine rings is 1. The first-order chi connectivity index (χ1) is 16.0. The summed E-state index contributed by atoms with van der Waals surface area (Å²) in [6, 6.07) is 18.8. The number of ether oxygens (including phenoxy) is 1. The molecule has 0 spiro atoms. The molecule has 5 aromatic rings. The number of hydrogen-bond acceptors (Lipinski definition) is 6. The number of aryl methyl sites for hydroxylation is 1. The third kappa shape index (κ3) is 4.20. The second-order valence-corrected chi connectivity index (χ2v) is 9.75. The van der Waals surface area contributed by atoms with Crippen molar-refractivity contribution in [3.63, 3.8) is 0 Å². The summed E-state index contributed by atoms with van der Waals surface area (Å²) in [6.45, 7) is 2.35. The van der Waals surface area contributed by atoms with Gasteiger partial charge >= 0.3 is 5.69 Å². The molecule has 0 aliphatic rings. The van der Waals surface area contributed by atoms with Crippen LogP contribution in [0.15, 0.2) is 80.6 Å². The molecule has 2 aromatic carbocycles. The van der Waals surface area contributed by atoms with E-state index < -0.39 is 16.5 Å². The van der Waals surface area contributed by atoms with Crippen LogP contribution in [-0.2, 0) is 17.4 Å². The van der Waals surface area contributed by atoms with Crippen LogP contribution in [0.1, 0.15) is 11.3 Å². The Morgan fingerprint density at radius 3 is 2.64 bits per heavy atom. The van der Waals surface area contributed by atoms with Gasteiger partial charge in [-0.15, -0.1) is 11.3 Å². The quantitative estimate of drug-likeness (QED) is 0.327. The van der Waals surface area contributed by atoms with Gasteiger partial charge < -0.3 is 14.8 Å². The van der Waals surface area contributed by atoms with Gasteiger partial charge in [0.1, 0.15) is 18.1 Å². The molecule has 7 nitrogen and oxygen atoms in total. The van der Waals surface area contributed by atoms with Crippen LogP contribution in [0.5, 0.6) is 11.6 Å². The van der Waals surface area contributed by atoms with Gasteiger partial charge in [0.05, 0.1) is 26.1 Å². The van der Waals surface area contributed by atoms with Crippen LogP contribution in [0.25, 0.3) is 21.5 Å². The molecule has 0 bridgehead atoms. The number of para-hydroxylation sites is 1. The predicted octanol–water partition coefficient (Wildman–Crippen LogP) is 4.74. The van der Waals surface area contributed by atoms with Gasteiger partial charge in [0.2, 0.25) is 5.88 Å². The molecule has 0 fully saturated rings. The molecule has 9 heteroatoms. The molecule has 1 atom stereocenters. The number of aromatic amines is 2. The number of aromatic hydroxyl groups is 1. The Bertz CT molecular complexity index is 1530. The summed E-state index contributed by atoms with van der Waals surface area (Å²) in [5.41, 5.74) is 2.63. The van der Waals surface area contributed by atoms with Crippen molar-refractivity contribution in [3.8, 4) is 22.2 Å². The van der Waals surface area contributed by atoms with Gasteiger partial charge in [-0.25, -0.2) is 9.00 Å². The largest absolute Gasteiger partial charge is 0.493 e. The zero-order valence-electron chi connectivity index (χ0n) is 17.5. The van der Waals surface area contributed by atoms with Crippen LogP contribution in [0, 0.1) is 6.92 Å². The summed E-state index contributed by atoms with van der Waals surface area (Å²) in [5.74, 6) is 0.385. The van der Waals surface area contributed by atoms with Crippen LogP contribution < -0.4 is 10.4 Å².